The van der Waals surface area contributed by atoms with Crippen LogP contribution in [0.4, 0.5) is 10.5 Å². The van der Waals surface area contributed by atoms with E-state index >= 15 is 0 Å². The number of para-hydroxylation sites is 2. The van der Waals surface area contributed by atoms with Gasteiger partial charge in [-0.15, -0.1) is 0 Å². The van der Waals surface area contributed by atoms with Crippen LogP contribution in [0.1, 0.15) is 69.8 Å². The summed E-state index contributed by atoms with van der Waals surface area (Å²) in [6, 6.07) is 9.60. The molecule has 0 saturated heterocycles. The first-order chi connectivity index (χ1) is 16.5. The van der Waals surface area contributed by atoms with Gasteiger partial charge < -0.3 is 25.4 Å². The van der Waals surface area contributed by atoms with Gasteiger partial charge in [-0.25, -0.2) is 4.79 Å². The predicted octanol–water partition coefficient (Wildman–Crippen LogP) is 5.15. The van der Waals surface area contributed by atoms with E-state index in [1.165, 1.54) is 4.90 Å². The largest absolute Gasteiger partial charge is 0.507 e. The maximum atomic E-state index is 13.9. The molecule has 0 bridgehead atoms. The molecule has 36 heavy (non-hydrogen) atoms. The Morgan fingerprint density at radius 3 is 1.97 bits per heavy atom. The van der Waals surface area contributed by atoms with Gasteiger partial charge in [0.15, 0.2) is 0 Å². The second-order valence-corrected chi connectivity index (χ2v) is 11.0. The molecule has 0 aliphatic rings. The van der Waals surface area contributed by atoms with Crippen LogP contribution in [0.15, 0.2) is 36.4 Å². The van der Waals surface area contributed by atoms with E-state index in [1.54, 1.807) is 66.7 Å². The number of phenolic OH excluding ortho intramolecular Hbond substituents is 1. The summed E-state index contributed by atoms with van der Waals surface area (Å²) in [4.78, 5) is 41.0. The van der Waals surface area contributed by atoms with E-state index in [0.29, 0.717) is 16.8 Å². The topological polar surface area (TPSA) is 108 Å². The molecule has 2 aromatic rings. The van der Waals surface area contributed by atoms with Crippen molar-refractivity contribution in [2.75, 3.05) is 11.9 Å². The van der Waals surface area contributed by atoms with Crippen LogP contribution in [0.3, 0.4) is 0 Å². The van der Waals surface area contributed by atoms with Gasteiger partial charge in [-0.05, 0) is 79.0 Å². The fourth-order valence-corrected chi connectivity index (χ4v) is 3.96. The molecule has 2 rings (SSSR count). The Morgan fingerprint density at radius 2 is 1.44 bits per heavy atom. The number of aryl methyl sites for hydroxylation is 3. The predicted molar refractivity (Wildman–Crippen MR) is 141 cm³/mol. The molecule has 0 fully saturated rings. The number of alkyl carbamates (subject to hydrolysis) is 1. The van der Waals surface area contributed by atoms with Gasteiger partial charge in [0, 0.05) is 16.8 Å². The van der Waals surface area contributed by atoms with Crippen molar-refractivity contribution in [2.24, 2.45) is 0 Å². The lowest BCUT2D eigenvalue weighted by Crippen LogP contribution is -2.54. The molecule has 1 unspecified atom stereocenters. The highest BCUT2D eigenvalue weighted by Crippen LogP contribution is 2.36. The Balaban J connectivity index is 2.53. The summed E-state index contributed by atoms with van der Waals surface area (Å²) < 4.78 is 5.25. The van der Waals surface area contributed by atoms with Crippen molar-refractivity contribution < 1.29 is 24.2 Å². The van der Waals surface area contributed by atoms with Crippen molar-refractivity contribution in [1.82, 2.24) is 10.2 Å². The molecule has 0 heterocycles. The number of ether oxygens (including phenoxy) is 1. The average Bonchev–Trinajstić information content (AvgIpc) is 2.73. The summed E-state index contributed by atoms with van der Waals surface area (Å²) in [5.74, 6) is -1.05. The molecule has 0 aliphatic carbocycles. The zero-order chi connectivity index (χ0) is 27.4. The van der Waals surface area contributed by atoms with E-state index < -0.39 is 35.1 Å². The third kappa shape index (κ3) is 7.23. The molecule has 0 saturated carbocycles. The quantitative estimate of drug-likeness (QED) is 0.512. The van der Waals surface area contributed by atoms with Gasteiger partial charge in [-0.1, -0.05) is 36.4 Å². The number of nitrogens with one attached hydrogen (secondary N) is 2. The Bertz CT molecular complexity index is 1110. The van der Waals surface area contributed by atoms with Crippen molar-refractivity contribution in [1.29, 1.82) is 0 Å². The number of carbonyl (C=O) groups excluding carboxylic acids is 3. The lowest BCUT2D eigenvalue weighted by atomic mass is 9.94. The molecular weight excluding hydrogens is 458 g/mol. The molecule has 0 spiro atoms. The molecule has 3 N–H and O–H groups in total. The molecular formula is C28H39N3O5. The molecule has 8 nitrogen and oxygen atoms in total. The van der Waals surface area contributed by atoms with Gasteiger partial charge in [0.05, 0.1) is 0 Å². The fourth-order valence-electron chi connectivity index (χ4n) is 3.96. The SMILES string of the molecule is Cc1cccc(C(C(=O)Nc2c(C)cccc2C)N(C(=O)CNC(=O)OC(C)(C)C)C(C)(C)C)c1O. The number of aromatic hydroxyl groups is 1. The summed E-state index contributed by atoms with van der Waals surface area (Å²) in [7, 11) is 0. The second kappa shape index (κ2) is 11.0. The summed E-state index contributed by atoms with van der Waals surface area (Å²) in [6.07, 6.45) is -0.736. The highest BCUT2D eigenvalue weighted by atomic mass is 16.6. The number of anilines is 1. The van der Waals surface area contributed by atoms with Crippen LogP contribution >= 0.6 is 0 Å². The molecule has 0 aliphatic heterocycles. The van der Waals surface area contributed by atoms with Crippen LogP contribution in [-0.2, 0) is 14.3 Å². The van der Waals surface area contributed by atoms with Crippen LogP contribution in [0.25, 0.3) is 0 Å². The lowest BCUT2D eigenvalue weighted by Gasteiger charge is -2.41. The van der Waals surface area contributed by atoms with E-state index in [0.717, 1.165) is 11.1 Å². The van der Waals surface area contributed by atoms with Crippen LogP contribution in [0.5, 0.6) is 5.75 Å². The molecule has 2 aromatic carbocycles. The van der Waals surface area contributed by atoms with Crippen LogP contribution in [0.2, 0.25) is 0 Å². The number of nitrogens with zero attached hydrogens (tertiary/aromatic N) is 1. The first-order valence-electron chi connectivity index (χ1n) is 12.0. The number of amides is 3. The van der Waals surface area contributed by atoms with Crippen LogP contribution in [0, 0.1) is 20.8 Å². The molecule has 3 amide bonds. The number of phenols is 1. The van der Waals surface area contributed by atoms with Crippen LogP contribution < -0.4 is 10.6 Å². The third-order valence-electron chi connectivity index (χ3n) is 5.57. The average molecular weight is 498 g/mol. The van der Waals surface area contributed by atoms with Gasteiger partial charge in [0.1, 0.15) is 23.9 Å². The molecule has 0 radical (unpaired) electrons. The van der Waals surface area contributed by atoms with Gasteiger partial charge >= 0.3 is 6.09 Å². The van der Waals surface area contributed by atoms with Crippen LogP contribution in [-0.4, -0.2) is 45.6 Å². The minimum Gasteiger partial charge on any atom is -0.507 e. The Kier molecular flexibility index (Phi) is 8.78. The molecule has 8 heteroatoms. The number of benzene rings is 2. The van der Waals surface area contributed by atoms with E-state index in [4.69, 9.17) is 4.74 Å². The zero-order valence-electron chi connectivity index (χ0n) is 22.8. The van der Waals surface area contributed by atoms with E-state index in [1.807, 2.05) is 32.0 Å². The normalized spacial score (nSPS) is 12.5. The highest BCUT2D eigenvalue weighted by molar-refractivity contribution is 6.00. The Labute approximate surface area is 214 Å². The summed E-state index contributed by atoms with van der Waals surface area (Å²) >= 11 is 0. The maximum absolute atomic E-state index is 13.9. The smallest absolute Gasteiger partial charge is 0.408 e. The minimum absolute atomic E-state index is 0.0682. The highest BCUT2D eigenvalue weighted by Gasteiger charge is 2.40. The van der Waals surface area contributed by atoms with E-state index in [-0.39, 0.29) is 12.3 Å². The first-order valence-corrected chi connectivity index (χ1v) is 12.0. The minimum atomic E-state index is -1.17. The number of rotatable bonds is 6. The monoisotopic (exact) mass is 497 g/mol. The number of hydrogen-bond donors (Lipinski definition) is 3. The Hall–Kier alpha value is -3.55. The van der Waals surface area contributed by atoms with E-state index in [9.17, 15) is 19.5 Å². The summed E-state index contributed by atoms with van der Waals surface area (Å²) in [5.41, 5.74) is 1.69. The maximum Gasteiger partial charge on any atom is 0.408 e. The molecule has 196 valence electrons. The summed E-state index contributed by atoms with van der Waals surface area (Å²) in [6.45, 7) is 15.7. The van der Waals surface area contributed by atoms with E-state index in [2.05, 4.69) is 10.6 Å². The van der Waals surface area contributed by atoms with Crippen molar-refractivity contribution in [2.45, 2.75) is 79.5 Å². The van der Waals surface area contributed by atoms with Gasteiger partial charge in [-0.3, -0.25) is 9.59 Å². The zero-order valence-corrected chi connectivity index (χ0v) is 22.8. The van der Waals surface area contributed by atoms with Crippen molar-refractivity contribution in [3.05, 3.63) is 58.7 Å². The second-order valence-electron chi connectivity index (χ2n) is 11.0. The molecule has 0 aromatic heterocycles. The van der Waals surface area contributed by atoms with Gasteiger partial charge in [0.25, 0.3) is 5.91 Å². The number of carbonyl (C=O) groups is 3. The fraction of sp³-hybridized carbons (Fsp3) is 0.464. The first kappa shape index (κ1) is 28.7. The van der Waals surface area contributed by atoms with Crippen molar-refractivity contribution in [3.8, 4) is 5.75 Å². The van der Waals surface area contributed by atoms with Gasteiger partial charge in [-0.2, -0.15) is 0 Å². The number of hydrogen-bond acceptors (Lipinski definition) is 5. The van der Waals surface area contributed by atoms with Crippen molar-refractivity contribution >= 4 is 23.6 Å². The summed E-state index contributed by atoms with van der Waals surface area (Å²) in [5, 5.41) is 16.4. The third-order valence-corrected chi connectivity index (χ3v) is 5.57. The lowest BCUT2D eigenvalue weighted by molar-refractivity contribution is -0.144. The van der Waals surface area contributed by atoms with Gasteiger partial charge in [0.2, 0.25) is 5.91 Å². The standard InChI is InChI=1S/C28H39N3O5/c1-17-12-10-13-18(2)22(17)30-25(34)23(20-15-11-14-19(3)24(20)33)31(27(4,5)6)21(32)16-29-26(35)36-28(7,8)9/h10-15,23,33H,16H2,1-9H3,(H,29,35)(H,30,34). The molecule has 1 atom stereocenters. The Morgan fingerprint density at radius 1 is 0.917 bits per heavy atom. The van der Waals surface area contributed by atoms with Crippen molar-refractivity contribution in [3.63, 3.8) is 0 Å².